The van der Waals surface area contributed by atoms with Crippen molar-refractivity contribution in [3.63, 3.8) is 0 Å². The quantitative estimate of drug-likeness (QED) is 0.868. The predicted molar refractivity (Wildman–Crippen MR) is 79.8 cm³/mol. The number of hydrogen-bond donors (Lipinski definition) is 1. The van der Waals surface area contributed by atoms with Gasteiger partial charge < -0.3 is 15.2 Å². The van der Waals surface area contributed by atoms with Gasteiger partial charge in [-0.15, -0.1) is 0 Å². The Morgan fingerprint density at radius 1 is 1.33 bits per heavy atom. The molecule has 0 saturated carbocycles. The Morgan fingerprint density at radius 3 is 2.86 bits per heavy atom. The highest BCUT2D eigenvalue weighted by atomic mass is 16.5. The van der Waals surface area contributed by atoms with Crippen molar-refractivity contribution in [3.05, 3.63) is 35.4 Å². The molecule has 4 nitrogen and oxygen atoms in total. The van der Waals surface area contributed by atoms with E-state index in [1.54, 1.807) is 0 Å². The summed E-state index contributed by atoms with van der Waals surface area (Å²) in [7, 11) is 0. The van der Waals surface area contributed by atoms with Gasteiger partial charge >= 0.3 is 5.97 Å². The number of nitrogens with two attached hydrogens (primary N) is 1. The van der Waals surface area contributed by atoms with Crippen molar-refractivity contribution in [3.8, 4) is 0 Å². The van der Waals surface area contributed by atoms with Gasteiger partial charge in [-0.1, -0.05) is 24.3 Å². The Labute approximate surface area is 125 Å². The van der Waals surface area contributed by atoms with Gasteiger partial charge in [0.15, 0.2) is 0 Å². The number of aryl methyl sites for hydroxylation is 1. The number of rotatable bonds is 3. The van der Waals surface area contributed by atoms with Crippen molar-refractivity contribution in [1.29, 1.82) is 0 Å². The molecule has 1 aromatic rings. The van der Waals surface area contributed by atoms with E-state index in [1.807, 2.05) is 12.1 Å². The minimum atomic E-state index is -0.551. The summed E-state index contributed by atoms with van der Waals surface area (Å²) in [5, 5.41) is 0. The lowest BCUT2D eigenvalue weighted by molar-refractivity contribution is -0.167. The first-order valence-corrected chi connectivity index (χ1v) is 7.82. The Kier molecular flexibility index (Phi) is 4.27. The van der Waals surface area contributed by atoms with Crippen LogP contribution in [0.3, 0.4) is 0 Å². The van der Waals surface area contributed by atoms with Crippen molar-refractivity contribution in [2.45, 2.75) is 38.2 Å². The first kappa shape index (κ1) is 14.5. The number of benzene rings is 1. The molecule has 1 saturated heterocycles. The van der Waals surface area contributed by atoms with Crippen LogP contribution in [0.2, 0.25) is 0 Å². The van der Waals surface area contributed by atoms with Crippen LogP contribution in [0.4, 0.5) is 0 Å². The van der Waals surface area contributed by atoms with Gasteiger partial charge in [-0.05, 0) is 43.2 Å². The minimum Gasteiger partial charge on any atom is -0.457 e. The molecule has 0 amide bonds. The number of carbonyl (C=O) groups is 1. The Morgan fingerprint density at radius 2 is 2.10 bits per heavy atom. The molecule has 0 bridgehead atoms. The van der Waals surface area contributed by atoms with Crippen LogP contribution in [-0.4, -0.2) is 25.7 Å². The predicted octanol–water partition coefficient (Wildman–Crippen LogP) is 2.36. The number of hydrogen-bond acceptors (Lipinski definition) is 4. The maximum atomic E-state index is 12.7. The van der Waals surface area contributed by atoms with Gasteiger partial charge in [-0.3, -0.25) is 4.79 Å². The van der Waals surface area contributed by atoms with E-state index in [0.717, 1.165) is 24.8 Å². The van der Waals surface area contributed by atoms with Gasteiger partial charge in [-0.2, -0.15) is 0 Å². The van der Waals surface area contributed by atoms with Crippen LogP contribution in [-0.2, 0) is 20.7 Å². The Balaban J connectivity index is 1.76. The average Bonchev–Trinajstić information content (AvgIpc) is 2.56. The summed E-state index contributed by atoms with van der Waals surface area (Å²) >= 11 is 0. The lowest BCUT2D eigenvalue weighted by Crippen LogP contribution is -2.44. The van der Waals surface area contributed by atoms with E-state index >= 15 is 0 Å². The average molecular weight is 289 g/mol. The van der Waals surface area contributed by atoms with Crippen molar-refractivity contribution < 1.29 is 14.3 Å². The third-order valence-electron chi connectivity index (χ3n) is 4.84. The Bertz CT molecular complexity index is 509. The molecule has 1 heterocycles. The van der Waals surface area contributed by atoms with Gasteiger partial charge in [0.2, 0.25) is 0 Å². The molecular formula is C17H23NO3. The summed E-state index contributed by atoms with van der Waals surface area (Å²) < 4.78 is 11.2. The highest BCUT2D eigenvalue weighted by molar-refractivity contribution is 5.77. The van der Waals surface area contributed by atoms with Gasteiger partial charge in [0, 0.05) is 19.8 Å². The summed E-state index contributed by atoms with van der Waals surface area (Å²) in [6.45, 7) is 1.52. The zero-order valence-electron chi connectivity index (χ0n) is 12.3. The second-order valence-electron chi connectivity index (χ2n) is 6.08. The molecule has 2 aliphatic rings. The molecule has 1 unspecified atom stereocenters. The normalized spacial score (nSPS) is 24.1. The molecule has 2 N–H and O–H groups in total. The van der Waals surface area contributed by atoms with Crippen LogP contribution in [0.25, 0.3) is 0 Å². The van der Waals surface area contributed by atoms with E-state index in [0.29, 0.717) is 32.6 Å². The van der Waals surface area contributed by atoms with E-state index in [2.05, 4.69) is 12.1 Å². The standard InChI is InChI=1S/C17H23NO3/c18-12-17(8-10-20-11-9-17)16(19)21-15-7-3-5-13-4-1-2-6-14(13)15/h1-2,4,6,15H,3,5,7-12,18H2. The largest absolute Gasteiger partial charge is 0.457 e. The van der Waals surface area contributed by atoms with Crippen molar-refractivity contribution in [2.75, 3.05) is 19.8 Å². The Hall–Kier alpha value is -1.39. The number of carbonyl (C=O) groups excluding carboxylic acids is 1. The van der Waals surface area contributed by atoms with Crippen molar-refractivity contribution >= 4 is 5.97 Å². The maximum Gasteiger partial charge on any atom is 0.314 e. The van der Waals surface area contributed by atoms with E-state index in [4.69, 9.17) is 15.2 Å². The highest BCUT2D eigenvalue weighted by Gasteiger charge is 2.41. The fourth-order valence-electron chi connectivity index (χ4n) is 3.34. The molecule has 1 aromatic carbocycles. The van der Waals surface area contributed by atoms with E-state index < -0.39 is 5.41 Å². The smallest absolute Gasteiger partial charge is 0.314 e. The number of ether oxygens (including phenoxy) is 2. The molecule has 1 atom stereocenters. The topological polar surface area (TPSA) is 61.6 Å². The second kappa shape index (κ2) is 6.16. The summed E-state index contributed by atoms with van der Waals surface area (Å²) in [6.07, 6.45) is 4.25. The molecule has 3 rings (SSSR count). The first-order chi connectivity index (χ1) is 10.2. The fourth-order valence-corrected chi connectivity index (χ4v) is 3.34. The number of fused-ring (bicyclic) bond motifs is 1. The van der Waals surface area contributed by atoms with Gasteiger partial charge in [0.05, 0.1) is 5.41 Å². The van der Waals surface area contributed by atoms with Crippen molar-refractivity contribution in [2.24, 2.45) is 11.1 Å². The zero-order valence-corrected chi connectivity index (χ0v) is 12.3. The lowest BCUT2D eigenvalue weighted by atomic mass is 9.80. The molecule has 1 fully saturated rings. The third-order valence-corrected chi connectivity index (χ3v) is 4.84. The summed E-state index contributed by atoms with van der Waals surface area (Å²) in [6, 6.07) is 8.26. The molecule has 1 aliphatic heterocycles. The van der Waals surface area contributed by atoms with Crippen LogP contribution in [0.5, 0.6) is 0 Å². The summed E-state index contributed by atoms with van der Waals surface area (Å²) in [5.74, 6) is -0.144. The molecule has 0 aromatic heterocycles. The first-order valence-electron chi connectivity index (χ1n) is 7.82. The molecule has 0 spiro atoms. The van der Waals surface area contributed by atoms with Gasteiger partial charge in [-0.25, -0.2) is 0 Å². The second-order valence-corrected chi connectivity index (χ2v) is 6.08. The van der Waals surface area contributed by atoms with E-state index in [1.165, 1.54) is 5.56 Å². The minimum absolute atomic E-state index is 0.117. The lowest BCUT2D eigenvalue weighted by Gasteiger charge is -2.36. The highest BCUT2D eigenvalue weighted by Crippen LogP contribution is 2.37. The molecule has 21 heavy (non-hydrogen) atoms. The van der Waals surface area contributed by atoms with Crippen LogP contribution >= 0.6 is 0 Å². The molecule has 114 valence electrons. The third kappa shape index (κ3) is 2.83. The molecule has 0 radical (unpaired) electrons. The molecule has 4 heteroatoms. The van der Waals surface area contributed by atoms with Crippen LogP contribution in [0, 0.1) is 5.41 Å². The number of esters is 1. The SMILES string of the molecule is NCC1(C(=O)OC2CCCc3ccccc32)CCOCC1. The van der Waals surface area contributed by atoms with Crippen molar-refractivity contribution in [1.82, 2.24) is 0 Å². The van der Waals surface area contributed by atoms with Crippen LogP contribution in [0.1, 0.15) is 42.9 Å². The van der Waals surface area contributed by atoms with E-state index in [9.17, 15) is 4.79 Å². The van der Waals surface area contributed by atoms with Crippen LogP contribution < -0.4 is 5.73 Å². The molecular weight excluding hydrogens is 266 g/mol. The fraction of sp³-hybridized carbons (Fsp3) is 0.588. The maximum absolute atomic E-state index is 12.7. The van der Waals surface area contributed by atoms with Gasteiger partial charge in [0.25, 0.3) is 0 Å². The molecule has 1 aliphatic carbocycles. The van der Waals surface area contributed by atoms with E-state index in [-0.39, 0.29) is 12.1 Å². The zero-order chi connectivity index (χ0) is 14.7. The van der Waals surface area contributed by atoms with Gasteiger partial charge in [0.1, 0.15) is 6.10 Å². The van der Waals surface area contributed by atoms with Crippen LogP contribution in [0.15, 0.2) is 24.3 Å². The monoisotopic (exact) mass is 289 g/mol. The summed E-state index contributed by atoms with van der Waals surface area (Å²) in [4.78, 5) is 12.7. The summed E-state index contributed by atoms with van der Waals surface area (Å²) in [5.41, 5.74) is 7.80.